The molecule has 0 aliphatic rings. The molecule has 0 saturated heterocycles. The topological polar surface area (TPSA) is 45.1 Å². The molecule has 0 radical (unpaired) electrons. The molecule has 15 heavy (non-hydrogen) atoms. The van der Waals surface area contributed by atoms with E-state index in [0.717, 1.165) is 44.5 Å². The molecule has 1 aromatic rings. The zero-order valence-electron chi connectivity index (χ0n) is 9.15. The van der Waals surface area contributed by atoms with Crippen LogP contribution < -0.4 is 5.32 Å². The van der Waals surface area contributed by atoms with Crippen molar-refractivity contribution in [2.75, 3.05) is 19.7 Å². The summed E-state index contributed by atoms with van der Waals surface area (Å²) in [5.74, 6) is 0. The monoisotopic (exact) mass is 208 g/mol. The van der Waals surface area contributed by atoms with Crippen LogP contribution in [-0.4, -0.2) is 29.8 Å². The lowest BCUT2D eigenvalue weighted by Crippen LogP contribution is -2.18. The van der Waals surface area contributed by atoms with E-state index in [1.54, 1.807) is 0 Å². The quantitative estimate of drug-likeness (QED) is 0.634. The third kappa shape index (κ3) is 6.20. The number of hydrogen-bond acceptors (Lipinski definition) is 3. The fourth-order valence-corrected chi connectivity index (χ4v) is 1.43. The number of aromatic nitrogens is 1. The average Bonchev–Trinajstić information content (AvgIpc) is 2.29. The van der Waals surface area contributed by atoms with Gasteiger partial charge in [-0.25, -0.2) is 0 Å². The molecule has 3 nitrogen and oxygen atoms in total. The van der Waals surface area contributed by atoms with Crippen LogP contribution in [0, 0.1) is 0 Å². The number of pyridine rings is 1. The van der Waals surface area contributed by atoms with Crippen molar-refractivity contribution < 1.29 is 5.11 Å². The lowest BCUT2D eigenvalue weighted by atomic mass is 10.2. The predicted octanol–water partition coefficient (Wildman–Crippen LogP) is 1.38. The molecule has 0 atom stereocenters. The Balaban J connectivity index is 1.93. The maximum absolute atomic E-state index is 8.59. The number of nitrogens with one attached hydrogen (secondary N) is 1. The molecule has 84 valence electrons. The summed E-state index contributed by atoms with van der Waals surface area (Å²) in [6, 6.07) is 6.00. The SMILES string of the molecule is OCCCCCNCCc1ccccn1. The summed E-state index contributed by atoms with van der Waals surface area (Å²) in [4.78, 5) is 4.25. The molecule has 0 fully saturated rings. The van der Waals surface area contributed by atoms with Crippen LogP contribution in [0.4, 0.5) is 0 Å². The third-order valence-corrected chi connectivity index (χ3v) is 2.30. The van der Waals surface area contributed by atoms with Crippen molar-refractivity contribution in [1.82, 2.24) is 10.3 Å². The van der Waals surface area contributed by atoms with Crippen LogP contribution in [0.25, 0.3) is 0 Å². The second-order valence-electron chi connectivity index (χ2n) is 3.61. The van der Waals surface area contributed by atoms with Gasteiger partial charge in [-0.1, -0.05) is 6.07 Å². The highest BCUT2D eigenvalue weighted by Crippen LogP contribution is 1.94. The molecule has 0 aliphatic heterocycles. The van der Waals surface area contributed by atoms with Crippen molar-refractivity contribution in [3.63, 3.8) is 0 Å². The van der Waals surface area contributed by atoms with Crippen molar-refractivity contribution in [3.05, 3.63) is 30.1 Å². The number of nitrogens with zero attached hydrogens (tertiary/aromatic N) is 1. The minimum atomic E-state index is 0.313. The van der Waals surface area contributed by atoms with Gasteiger partial charge >= 0.3 is 0 Å². The molecule has 2 N–H and O–H groups in total. The van der Waals surface area contributed by atoms with E-state index >= 15 is 0 Å². The van der Waals surface area contributed by atoms with Crippen LogP contribution in [0.3, 0.4) is 0 Å². The van der Waals surface area contributed by atoms with Crippen LogP contribution in [0.15, 0.2) is 24.4 Å². The molecule has 0 unspecified atom stereocenters. The lowest BCUT2D eigenvalue weighted by molar-refractivity contribution is 0.283. The molecule has 1 rings (SSSR count). The zero-order chi connectivity index (χ0) is 10.8. The molecule has 0 spiro atoms. The minimum Gasteiger partial charge on any atom is -0.396 e. The number of unbranched alkanes of at least 4 members (excludes halogenated alkanes) is 2. The zero-order valence-corrected chi connectivity index (χ0v) is 9.15. The van der Waals surface area contributed by atoms with E-state index in [0.29, 0.717) is 6.61 Å². The minimum absolute atomic E-state index is 0.313. The van der Waals surface area contributed by atoms with Gasteiger partial charge < -0.3 is 10.4 Å². The van der Waals surface area contributed by atoms with Crippen molar-refractivity contribution in [2.45, 2.75) is 25.7 Å². The van der Waals surface area contributed by atoms with Gasteiger partial charge in [0.15, 0.2) is 0 Å². The highest BCUT2D eigenvalue weighted by Gasteiger charge is 1.92. The van der Waals surface area contributed by atoms with Crippen LogP contribution in [-0.2, 0) is 6.42 Å². The standard InChI is InChI=1S/C12H20N2O/c15-11-5-1-3-8-13-10-7-12-6-2-4-9-14-12/h2,4,6,9,13,15H,1,3,5,7-8,10-11H2. The molecular weight excluding hydrogens is 188 g/mol. The Labute approximate surface area is 91.5 Å². The van der Waals surface area contributed by atoms with Crippen LogP contribution in [0.2, 0.25) is 0 Å². The van der Waals surface area contributed by atoms with E-state index in [-0.39, 0.29) is 0 Å². The summed E-state index contributed by atoms with van der Waals surface area (Å²) in [5.41, 5.74) is 1.14. The normalized spacial score (nSPS) is 10.5. The fraction of sp³-hybridized carbons (Fsp3) is 0.583. The summed E-state index contributed by atoms with van der Waals surface area (Å²) in [6.07, 6.45) is 5.98. The van der Waals surface area contributed by atoms with E-state index in [1.807, 2.05) is 24.4 Å². The van der Waals surface area contributed by atoms with Gasteiger partial charge in [-0.15, -0.1) is 0 Å². The summed E-state index contributed by atoms with van der Waals surface area (Å²) in [5, 5.41) is 12.0. The van der Waals surface area contributed by atoms with Crippen LogP contribution in [0.1, 0.15) is 25.0 Å². The second-order valence-corrected chi connectivity index (χ2v) is 3.61. The highest BCUT2D eigenvalue weighted by molar-refractivity contribution is 5.03. The highest BCUT2D eigenvalue weighted by atomic mass is 16.2. The number of hydrogen-bond donors (Lipinski definition) is 2. The first kappa shape index (κ1) is 12.1. The average molecular weight is 208 g/mol. The van der Waals surface area contributed by atoms with Gasteiger partial charge in [-0.2, -0.15) is 0 Å². The predicted molar refractivity (Wildman–Crippen MR) is 61.7 cm³/mol. The maximum Gasteiger partial charge on any atom is 0.0431 e. The first-order valence-corrected chi connectivity index (χ1v) is 5.65. The molecular formula is C12H20N2O. The van der Waals surface area contributed by atoms with E-state index in [9.17, 15) is 0 Å². The van der Waals surface area contributed by atoms with E-state index < -0.39 is 0 Å². The maximum atomic E-state index is 8.59. The summed E-state index contributed by atoms with van der Waals surface area (Å²) in [7, 11) is 0. The largest absolute Gasteiger partial charge is 0.396 e. The number of aliphatic hydroxyl groups excluding tert-OH is 1. The Morgan fingerprint density at radius 2 is 2.07 bits per heavy atom. The molecule has 0 bridgehead atoms. The smallest absolute Gasteiger partial charge is 0.0431 e. The van der Waals surface area contributed by atoms with Gasteiger partial charge in [0.2, 0.25) is 0 Å². The molecule has 1 aromatic heterocycles. The number of rotatable bonds is 8. The van der Waals surface area contributed by atoms with E-state index in [4.69, 9.17) is 5.11 Å². The van der Waals surface area contributed by atoms with Crippen LogP contribution in [0.5, 0.6) is 0 Å². The van der Waals surface area contributed by atoms with Crippen molar-refractivity contribution in [2.24, 2.45) is 0 Å². The molecule has 0 aliphatic carbocycles. The summed E-state index contributed by atoms with van der Waals surface area (Å²) in [6.45, 7) is 2.33. The Bertz CT molecular complexity index is 239. The van der Waals surface area contributed by atoms with E-state index in [2.05, 4.69) is 10.3 Å². The molecule has 0 aromatic carbocycles. The Kier molecular flexibility index (Phi) is 6.79. The van der Waals surface area contributed by atoms with Gasteiger partial charge in [0.05, 0.1) is 0 Å². The Hall–Kier alpha value is -0.930. The van der Waals surface area contributed by atoms with Crippen molar-refractivity contribution >= 4 is 0 Å². The molecule has 3 heteroatoms. The Morgan fingerprint density at radius 3 is 2.80 bits per heavy atom. The van der Waals surface area contributed by atoms with Gasteiger partial charge in [-0.3, -0.25) is 4.98 Å². The van der Waals surface area contributed by atoms with Gasteiger partial charge in [-0.05, 0) is 37.9 Å². The lowest BCUT2D eigenvalue weighted by Gasteiger charge is -2.03. The molecule has 0 saturated carbocycles. The van der Waals surface area contributed by atoms with Crippen molar-refractivity contribution in [1.29, 1.82) is 0 Å². The fourth-order valence-electron chi connectivity index (χ4n) is 1.43. The summed E-state index contributed by atoms with van der Waals surface area (Å²) < 4.78 is 0. The van der Waals surface area contributed by atoms with E-state index in [1.165, 1.54) is 0 Å². The Morgan fingerprint density at radius 1 is 1.13 bits per heavy atom. The first-order valence-electron chi connectivity index (χ1n) is 5.65. The van der Waals surface area contributed by atoms with Crippen LogP contribution >= 0.6 is 0 Å². The first-order chi connectivity index (χ1) is 7.43. The van der Waals surface area contributed by atoms with Crippen molar-refractivity contribution in [3.8, 4) is 0 Å². The second kappa shape index (κ2) is 8.38. The van der Waals surface area contributed by atoms with Gasteiger partial charge in [0.25, 0.3) is 0 Å². The summed E-state index contributed by atoms with van der Waals surface area (Å²) >= 11 is 0. The molecule has 0 amide bonds. The third-order valence-electron chi connectivity index (χ3n) is 2.30. The van der Waals surface area contributed by atoms with Gasteiger partial charge in [0.1, 0.15) is 0 Å². The number of aliphatic hydroxyl groups is 1. The van der Waals surface area contributed by atoms with Gasteiger partial charge in [0, 0.05) is 31.5 Å². The molecule has 1 heterocycles.